The topological polar surface area (TPSA) is 68.3 Å². The number of carbonyl (C=O) groups excluding carboxylic acids is 2. The zero-order valence-electron chi connectivity index (χ0n) is 17.1. The van der Waals surface area contributed by atoms with Crippen molar-refractivity contribution in [2.24, 2.45) is 0 Å². The van der Waals surface area contributed by atoms with Crippen molar-refractivity contribution in [2.75, 3.05) is 0 Å². The number of aryl methyl sites for hydroxylation is 2. The van der Waals surface area contributed by atoms with Crippen molar-refractivity contribution in [3.05, 3.63) is 99.8 Å². The van der Waals surface area contributed by atoms with Crippen molar-refractivity contribution in [3.8, 4) is 0 Å². The Morgan fingerprint density at radius 2 is 1.50 bits per heavy atom. The molecule has 2 aromatic carbocycles. The largest absolute Gasteiger partial charge is 0.449 e. The van der Waals surface area contributed by atoms with E-state index >= 15 is 0 Å². The van der Waals surface area contributed by atoms with Gasteiger partial charge in [0, 0.05) is 5.69 Å². The van der Waals surface area contributed by atoms with Crippen LogP contribution in [0.1, 0.15) is 45.7 Å². The van der Waals surface area contributed by atoms with Gasteiger partial charge in [-0.2, -0.15) is 0 Å². The van der Waals surface area contributed by atoms with Gasteiger partial charge in [-0.25, -0.2) is 9.78 Å². The summed E-state index contributed by atoms with van der Waals surface area (Å²) in [6.07, 6.45) is -1.01. The zero-order chi connectivity index (χ0) is 21.7. The number of hydrogen-bond donors (Lipinski definition) is 1. The van der Waals surface area contributed by atoms with E-state index in [0.717, 1.165) is 11.1 Å². The van der Waals surface area contributed by atoms with E-state index in [4.69, 9.17) is 16.3 Å². The third kappa shape index (κ3) is 5.05. The van der Waals surface area contributed by atoms with Gasteiger partial charge in [0.2, 0.25) is 0 Å². The molecule has 1 N–H and O–H groups in total. The Morgan fingerprint density at radius 1 is 0.967 bits per heavy atom. The number of carbonyl (C=O) groups is 2. The van der Waals surface area contributed by atoms with E-state index in [1.165, 1.54) is 6.92 Å². The first-order valence-corrected chi connectivity index (χ1v) is 9.99. The molecule has 30 heavy (non-hydrogen) atoms. The summed E-state index contributed by atoms with van der Waals surface area (Å²) in [5.41, 5.74) is 3.38. The fraction of sp³-hybridized carbons (Fsp3) is 0.208. The Morgan fingerprint density at radius 3 is 2.00 bits per heavy atom. The molecule has 5 nitrogen and oxygen atoms in total. The quantitative estimate of drug-likeness (QED) is 0.457. The average Bonchev–Trinajstić information content (AvgIpc) is 2.72. The molecule has 1 atom stereocenters. The number of hydrogen-bond acceptors (Lipinski definition) is 4. The van der Waals surface area contributed by atoms with Gasteiger partial charge in [-0.1, -0.05) is 72.3 Å². The average molecular weight is 423 g/mol. The van der Waals surface area contributed by atoms with E-state index in [9.17, 15) is 9.59 Å². The van der Waals surface area contributed by atoms with E-state index in [0.29, 0.717) is 11.3 Å². The van der Waals surface area contributed by atoms with Gasteiger partial charge < -0.3 is 10.1 Å². The van der Waals surface area contributed by atoms with Crippen LogP contribution in [0.2, 0.25) is 5.15 Å². The zero-order valence-corrected chi connectivity index (χ0v) is 17.8. The van der Waals surface area contributed by atoms with Gasteiger partial charge in [-0.3, -0.25) is 4.79 Å². The lowest BCUT2D eigenvalue weighted by atomic mass is 9.98. The van der Waals surface area contributed by atoms with Gasteiger partial charge in [-0.05, 0) is 43.5 Å². The van der Waals surface area contributed by atoms with Crippen LogP contribution in [0.3, 0.4) is 0 Å². The number of nitrogens with zero attached hydrogens (tertiary/aromatic N) is 1. The first-order chi connectivity index (χ1) is 14.4. The van der Waals surface area contributed by atoms with Gasteiger partial charge in [0.1, 0.15) is 5.15 Å². The highest BCUT2D eigenvalue weighted by molar-refractivity contribution is 6.32. The van der Waals surface area contributed by atoms with E-state index in [1.807, 2.05) is 60.7 Å². The van der Waals surface area contributed by atoms with Gasteiger partial charge in [0.15, 0.2) is 6.10 Å². The van der Waals surface area contributed by atoms with Gasteiger partial charge in [0.25, 0.3) is 5.91 Å². The smallest absolute Gasteiger partial charge is 0.342 e. The molecular weight excluding hydrogens is 400 g/mol. The third-order valence-corrected chi connectivity index (χ3v) is 4.98. The van der Waals surface area contributed by atoms with Crippen molar-refractivity contribution >= 4 is 23.5 Å². The van der Waals surface area contributed by atoms with Gasteiger partial charge >= 0.3 is 5.97 Å². The number of halogens is 1. The molecule has 0 saturated heterocycles. The van der Waals surface area contributed by atoms with Gasteiger partial charge in [0.05, 0.1) is 11.6 Å². The first kappa shape index (κ1) is 21.5. The highest BCUT2D eigenvalue weighted by atomic mass is 35.5. The minimum absolute atomic E-state index is 0.0663. The Kier molecular flexibility index (Phi) is 6.85. The molecule has 0 unspecified atom stereocenters. The predicted molar refractivity (Wildman–Crippen MR) is 116 cm³/mol. The second-order valence-electron chi connectivity index (χ2n) is 7.06. The normalized spacial score (nSPS) is 11.8. The highest BCUT2D eigenvalue weighted by Gasteiger charge is 2.25. The number of benzene rings is 2. The minimum atomic E-state index is -1.01. The maximum absolute atomic E-state index is 12.9. The molecule has 3 aromatic rings. The van der Waals surface area contributed by atoms with Crippen LogP contribution in [0.25, 0.3) is 0 Å². The summed E-state index contributed by atoms with van der Waals surface area (Å²) in [4.78, 5) is 29.6. The Bertz CT molecular complexity index is 976. The standard InChI is InChI=1S/C24H23ClN2O3/c1-15-14-16(2)26-22(25)20(15)24(29)30-17(3)23(28)27-21(18-10-6-4-7-11-18)19-12-8-5-9-13-19/h4-14,17,21H,1-3H3,(H,27,28)/t17-/m0/s1. The molecule has 1 heterocycles. The Labute approximate surface area is 181 Å². The van der Waals surface area contributed by atoms with Crippen LogP contribution in [0.4, 0.5) is 0 Å². The summed E-state index contributed by atoms with van der Waals surface area (Å²) in [7, 11) is 0. The number of pyridine rings is 1. The monoisotopic (exact) mass is 422 g/mol. The maximum Gasteiger partial charge on any atom is 0.342 e. The SMILES string of the molecule is Cc1cc(C)c(C(=O)O[C@@H](C)C(=O)NC(c2ccccc2)c2ccccc2)c(Cl)n1. The van der Waals surface area contributed by atoms with Crippen LogP contribution in [0.5, 0.6) is 0 Å². The number of ether oxygens (including phenoxy) is 1. The predicted octanol–water partition coefficient (Wildman–Crippen LogP) is 4.80. The Hall–Kier alpha value is -3.18. The van der Waals surface area contributed by atoms with E-state index in [1.54, 1.807) is 19.9 Å². The fourth-order valence-corrected chi connectivity index (χ4v) is 3.58. The molecule has 0 aliphatic heterocycles. The molecule has 0 bridgehead atoms. The summed E-state index contributed by atoms with van der Waals surface area (Å²) in [5, 5.41) is 3.05. The second kappa shape index (κ2) is 9.55. The van der Waals surface area contributed by atoms with Crippen molar-refractivity contribution in [3.63, 3.8) is 0 Å². The molecule has 154 valence electrons. The molecule has 0 fully saturated rings. The number of rotatable bonds is 6. The molecule has 0 saturated carbocycles. The number of esters is 1. The number of aromatic nitrogens is 1. The molecule has 1 amide bonds. The van der Waals surface area contributed by atoms with Crippen LogP contribution < -0.4 is 5.32 Å². The van der Waals surface area contributed by atoms with E-state index in [2.05, 4.69) is 10.3 Å². The summed E-state index contributed by atoms with van der Waals surface area (Å²) < 4.78 is 5.40. The van der Waals surface area contributed by atoms with E-state index in [-0.39, 0.29) is 16.8 Å². The fourth-order valence-electron chi connectivity index (χ4n) is 3.22. The molecule has 3 rings (SSSR count). The van der Waals surface area contributed by atoms with Crippen molar-refractivity contribution in [1.82, 2.24) is 10.3 Å². The lowest BCUT2D eigenvalue weighted by Crippen LogP contribution is -2.38. The van der Waals surface area contributed by atoms with E-state index < -0.39 is 18.0 Å². The molecular formula is C24H23ClN2O3. The molecule has 1 aromatic heterocycles. The van der Waals surface area contributed by atoms with Crippen LogP contribution in [0, 0.1) is 13.8 Å². The Balaban J connectivity index is 1.77. The molecule has 0 radical (unpaired) electrons. The first-order valence-electron chi connectivity index (χ1n) is 9.62. The van der Waals surface area contributed by atoms with Crippen molar-refractivity contribution < 1.29 is 14.3 Å². The third-order valence-electron chi connectivity index (χ3n) is 4.71. The second-order valence-corrected chi connectivity index (χ2v) is 7.41. The summed E-state index contributed by atoms with van der Waals surface area (Å²) in [5.74, 6) is -1.08. The van der Waals surface area contributed by atoms with Crippen molar-refractivity contribution in [2.45, 2.75) is 32.9 Å². The summed E-state index contributed by atoms with van der Waals surface area (Å²) in [6, 6.07) is 20.6. The molecule has 0 aliphatic carbocycles. The minimum Gasteiger partial charge on any atom is -0.449 e. The molecule has 0 aliphatic rings. The van der Waals surface area contributed by atoms with Crippen LogP contribution in [-0.2, 0) is 9.53 Å². The maximum atomic E-state index is 12.9. The van der Waals surface area contributed by atoms with Crippen LogP contribution in [0.15, 0.2) is 66.7 Å². The van der Waals surface area contributed by atoms with Crippen LogP contribution >= 0.6 is 11.6 Å². The number of nitrogens with one attached hydrogen (secondary N) is 1. The molecule has 6 heteroatoms. The lowest BCUT2D eigenvalue weighted by molar-refractivity contribution is -0.129. The van der Waals surface area contributed by atoms with Crippen molar-refractivity contribution in [1.29, 1.82) is 0 Å². The number of amides is 1. The molecule has 0 spiro atoms. The van der Waals surface area contributed by atoms with Crippen LogP contribution in [-0.4, -0.2) is 23.0 Å². The highest BCUT2D eigenvalue weighted by Crippen LogP contribution is 2.23. The summed E-state index contributed by atoms with van der Waals surface area (Å²) >= 11 is 6.12. The summed E-state index contributed by atoms with van der Waals surface area (Å²) in [6.45, 7) is 5.07. The van der Waals surface area contributed by atoms with Gasteiger partial charge in [-0.15, -0.1) is 0 Å². The lowest BCUT2D eigenvalue weighted by Gasteiger charge is -2.22.